The van der Waals surface area contributed by atoms with Gasteiger partial charge < -0.3 is 15.4 Å². The quantitative estimate of drug-likeness (QED) is 0.478. The van der Waals surface area contributed by atoms with Gasteiger partial charge in [0, 0.05) is 7.05 Å². The highest BCUT2D eigenvalue weighted by Crippen LogP contribution is 2.31. The van der Waals surface area contributed by atoms with Gasteiger partial charge in [0.2, 0.25) is 5.96 Å². The van der Waals surface area contributed by atoms with Crippen LogP contribution < -0.4 is 20.7 Å². The van der Waals surface area contributed by atoms with Crippen molar-refractivity contribution in [3.8, 4) is 5.75 Å². The molecule has 0 atom stereocenters. The molecule has 0 fully saturated rings. The number of benzene rings is 1. The van der Waals surface area contributed by atoms with Gasteiger partial charge in [-0.2, -0.15) is 0 Å². The number of hydrogen-bond donors (Lipinski definition) is 4. The van der Waals surface area contributed by atoms with Crippen molar-refractivity contribution in [3.05, 3.63) is 23.8 Å². The lowest BCUT2D eigenvalue weighted by atomic mass is 10.1. The molecule has 0 heterocycles. The average molecular weight is 249 g/mol. The molecule has 0 aliphatic heterocycles. The Hall–Kier alpha value is -2.24. The van der Waals surface area contributed by atoms with E-state index in [0.29, 0.717) is 12.4 Å². The Morgan fingerprint density at radius 2 is 2.11 bits per heavy atom. The number of guanidine groups is 2. The van der Waals surface area contributed by atoms with Crippen LogP contribution in [0.5, 0.6) is 5.75 Å². The van der Waals surface area contributed by atoms with Crippen LogP contribution in [0.15, 0.2) is 18.2 Å². The summed E-state index contributed by atoms with van der Waals surface area (Å²) in [7, 11) is 1.73. The molecule has 1 rings (SSSR count). The van der Waals surface area contributed by atoms with Crippen molar-refractivity contribution in [1.29, 1.82) is 10.8 Å². The van der Waals surface area contributed by atoms with E-state index in [2.05, 4.69) is 5.32 Å². The van der Waals surface area contributed by atoms with Crippen LogP contribution >= 0.6 is 0 Å². The SMILES string of the molecule is CCOc1cccc(C)c1N(C)C(=N)NC(=N)N. The zero-order chi connectivity index (χ0) is 13.7. The van der Waals surface area contributed by atoms with Crippen molar-refractivity contribution in [3.63, 3.8) is 0 Å². The summed E-state index contributed by atoms with van der Waals surface area (Å²) < 4.78 is 5.54. The summed E-state index contributed by atoms with van der Waals surface area (Å²) >= 11 is 0. The van der Waals surface area contributed by atoms with Gasteiger partial charge in [-0.25, -0.2) is 0 Å². The molecule has 0 aliphatic rings. The zero-order valence-electron chi connectivity index (χ0n) is 10.9. The van der Waals surface area contributed by atoms with Gasteiger partial charge in [0.05, 0.1) is 12.3 Å². The smallest absolute Gasteiger partial charge is 0.202 e. The molecular formula is C12H19N5O. The first-order valence-corrected chi connectivity index (χ1v) is 5.63. The third-order valence-corrected chi connectivity index (χ3v) is 2.42. The number of hydrogen-bond acceptors (Lipinski definition) is 3. The lowest BCUT2D eigenvalue weighted by molar-refractivity contribution is 0.341. The average Bonchev–Trinajstić information content (AvgIpc) is 2.28. The molecule has 0 aliphatic carbocycles. The molecule has 0 radical (unpaired) electrons. The highest BCUT2D eigenvalue weighted by Gasteiger charge is 2.15. The molecule has 0 saturated carbocycles. The lowest BCUT2D eigenvalue weighted by Crippen LogP contribution is -2.44. The highest BCUT2D eigenvalue weighted by atomic mass is 16.5. The Morgan fingerprint density at radius 1 is 1.44 bits per heavy atom. The second-order valence-corrected chi connectivity index (χ2v) is 3.80. The van der Waals surface area contributed by atoms with Crippen LogP contribution in [0.1, 0.15) is 12.5 Å². The first kappa shape index (κ1) is 13.8. The molecule has 0 unspecified atom stereocenters. The van der Waals surface area contributed by atoms with Crippen molar-refractivity contribution >= 4 is 17.6 Å². The maximum atomic E-state index is 7.83. The molecule has 0 spiro atoms. The van der Waals surface area contributed by atoms with Gasteiger partial charge in [-0.05, 0) is 25.5 Å². The molecular weight excluding hydrogens is 230 g/mol. The molecule has 1 aromatic carbocycles. The predicted molar refractivity (Wildman–Crippen MR) is 73.5 cm³/mol. The molecule has 5 N–H and O–H groups in total. The number of aryl methyl sites for hydroxylation is 1. The van der Waals surface area contributed by atoms with E-state index in [0.717, 1.165) is 11.3 Å². The number of ether oxygens (including phenoxy) is 1. The van der Waals surface area contributed by atoms with Crippen molar-refractivity contribution in [1.82, 2.24) is 5.32 Å². The van der Waals surface area contributed by atoms with Crippen LogP contribution in [0.4, 0.5) is 5.69 Å². The van der Waals surface area contributed by atoms with E-state index in [9.17, 15) is 0 Å². The second kappa shape index (κ2) is 5.90. The van der Waals surface area contributed by atoms with Gasteiger partial charge in [0.25, 0.3) is 0 Å². The van der Waals surface area contributed by atoms with E-state index in [1.807, 2.05) is 32.0 Å². The molecule has 98 valence electrons. The minimum atomic E-state index is -0.265. The first-order valence-electron chi connectivity index (χ1n) is 5.63. The summed E-state index contributed by atoms with van der Waals surface area (Å²) in [6.45, 7) is 4.40. The Bertz CT molecular complexity index is 458. The summed E-state index contributed by atoms with van der Waals surface area (Å²) in [6, 6.07) is 5.69. The van der Waals surface area contributed by atoms with E-state index < -0.39 is 0 Å². The fourth-order valence-corrected chi connectivity index (χ4v) is 1.66. The molecule has 0 saturated heterocycles. The Kier molecular flexibility index (Phi) is 4.53. The molecule has 6 heteroatoms. The van der Waals surface area contributed by atoms with Crippen LogP contribution in [0, 0.1) is 17.7 Å². The number of nitrogens with one attached hydrogen (secondary N) is 3. The normalized spacial score (nSPS) is 9.72. The summed E-state index contributed by atoms with van der Waals surface area (Å²) in [4.78, 5) is 1.60. The summed E-state index contributed by atoms with van der Waals surface area (Å²) in [5, 5.41) is 17.4. The van der Waals surface area contributed by atoms with Crippen molar-refractivity contribution < 1.29 is 4.74 Å². The van der Waals surface area contributed by atoms with Gasteiger partial charge in [-0.3, -0.25) is 16.1 Å². The van der Waals surface area contributed by atoms with E-state index in [1.165, 1.54) is 0 Å². The minimum absolute atomic E-state index is 0.0257. The van der Waals surface area contributed by atoms with Gasteiger partial charge in [-0.1, -0.05) is 12.1 Å². The van der Waals surface area contributed by atoms with Gasteiger partial charge >= 0.3 is 0 Å². The molecule has 1 aromatic rings. The predicted octanol–water partition coefficient (Wildman–Crippen LogP) is 1.25. The Balaban J connectivity index is 3.06. The van der Waals surface area contributed by atoms with Crippen LogP contribution in [0.25, 0.3) is 0 Å². The Labute approximate surface area is 107 Å². The maximum Gasteiger partial charge on any atom is 0.202 e. The standard InChI is InChI=1S/C12H19N5O/c1-4-18-9-7-5-6-8(2)10(9)17(3)12(15)16-11(13)14/h5-7H,4H2,1-3H3,(H5,13,14,15,16). The van der Waals surface area contributed by atoms with Crippen LogP contribution in [-0.4, -0.2) is 25.6 Å². The second-order valence-electron chi connectivity index (χ2n) is 3.80. The maximum absolute atomic E-state index is 7.83. The number of para-hydroxylation sites is 1. The number of anilines is 1. The topological polar surface area (TPSA) is 98.2 Å². The molecule has 6 nitrogen and oxygen atoms in total. The third-order valence-electron chi connectivity index (χ3n) is 2.42. The van der Waals surface area contributed by atoms with E-state index >= 15 is 0 Å². The largest absolute Gasteiger partial charge is 0.492 e. The fraction of sp³-hybridized carbons (Fsp3) is 0.333. The van der Waals surface area contributed by atoms with E-state index in [1.54, 1.807) is 11.9 Å². The summed E-state index contributed by atoms with van der Waals surface area (Å²) in [6.07, 6.45) is 0. The van der Waals surface area contributed by atoms with Crippen LogP contribution in [0.3, 0.4) is 0 Å². The van der Waals surface area contributed by atoms with Crippen molar-refractivity contribution in [2.75, 3.05) is 18.6 Å². The van der Waals surface area contributed by atoms with Crippen molar-refractivity contribution in [2.45, 2.75) is 13.8 Å². The third kappa shape index (κ3) is 3.13. The minimum Gasteiger partial charge on any atom is -0.492 e. The first-order chi connectivity index (χ1) is 8.47. The highest BCUT2D eigenvalue weighted by molar-refractivity contribution is 6.04. The van der Waals surface area contributed by atoms with E-state index in [4.69, 9.17) is 21.3 Å². The molecule has 18 heavy (non-hydrogen) atoms. The van der Waals surface area contributed by atoms with Gasteiger partial charge in [0.1, 0.15) is 5.75 Å². The summed E-state index contributed by atoms with van der Waals surface area (Å²) in [5.74, 6) is 0.464. The van der Waals surface area contributed by atoms with Gasteiger partial charge in [-0.15, -0.1) is 0 Å². The van der Waals surface area contributed by atoms with E-state index in [-0.39, 0.29) is 11.9 Å². The van der Waals surface area contributed by atoms with Crippen LogP contribution in [-0.2, 0) is 0 Å². The Morgan fingerprint density at radius 3 is 2.67 bits per heavy atom. The molecule has 0 aromatic heterocycles. The molecule has 0 bridgehead atoms. The lowest BCUT2D eigenvalue weighted by Gasteiger charge is -2.24. The molecule has 0 amide bonds. The zero-order valence-corrected chi connectivity index (χ0v) is 10.9. The number of rotatable bonds is 3. The van der Waals surface area contributed by atoms with Crippen molar-refractivity contribution in [2.24, 2.45) is 5.73 Å². The summed E-state index contributed by atoms with van der Waals surface area (Å²) in [5.41, 5.74) is 6.99. The number of nitrogens with two attached hydrogens (primary N) is 1. The van der Waals surface area contributed by atoms with Gasteiger partial charge in [0.15, 0.2) is 5.96 Å². The number of nitrogens with zero attached hydrogens (tertiary/aromatic N) is 1. The van der Waals surface area contributed by atoms with Crippen LogP contribution in [0.2, 0.25) is 0 Å². The monoisotopic (exact) mass is 249 g/mol. The fourth-order valence-electron chi connectivity index (χ4n) is 1.66.